The number of nitrogens with two attached hydrogens (primary N) is 1. The zero-order valence-corrected chi connectivity index (χ0v) is 6.08. The van der Waals surface area contributed by atoms with Crippen molar-refractivity contribution in [3.8, 4) is 0 Å². The van der Waals surface area contributed by atoms with Crippen LogP contribution < -0.4 is 11.2 Å². The van der Waals surface area contributed by atoms with E-state index >= 15 is 0 Å². The van der Waals surface area contributed by atoms with E-state index in [1.165, 1.54) is 0 Å². The van der Waals surface area contributed by atoms with Crippen LogP contribution >= 0.6 is 0 Å². The van der Waals surface area contributed by atoms with Gasteiger partial charge in [0.05, 0.1) is 13.2 Å². The second-order valence-corrected chi connectivity index (χ2v) is 1.66. The van der Waals surface area contributed by atoms with Gasteiger partial charge in [-0.25, -0.2) is 10.7 Å². The lowest BCUT2D eigenvalue weighted by Crippen LogP contribution is -2.29. The lowest BCUT2D eigenvalue weighted by atomic mass is 10.7. The van der Waals surface area contributed by atoms with Crippen molar-refractivity contribution in [3.63, 3.8) is 0 Å². The third kappa shape index (κ3) is 7.04. The molecule has 0 unspecified atom stereocenters. The molecule has 0 aromatic carbocycles. The summed E-state index contributed by atoms with van der Waals surface area (Å²) in [7, 11) is 0. The van der Waals surface area contributed by atoms with Gasteiger partial charge in [-0.2, -0.15) is 0 Å². The number of hydrogen-bond donors (Lipinski definition) is 3. The van der Waals surface area contributed by atoms with E-state index in [9.17, 15) is 4.79 Å². The Balaban J connectivity index is 3.09. The van der Waals surface area contributed by atoms with Crippen molar-refractivity contribution in [2.75, 3.05) is 26.4 Å². The average molecular weight is 164 g/mol. The van der Waals surface area contributed by atoms with Crippen LogP contribution in [0.25, 0.3) is 0 Å². The first-order valence-corrected chi connectivity index (χ1v) is 3.14. The van der Waals surface area contributed by atoms with Gasteiger partial charge < -0.3 is 20.0 Å². The normalized spacial score (nSPS) is 9.27. The van der Waals surface area contributed by atoms with Crippen molar-refractivity contribution >= 4 is 6.09 Å². The van der Waals surface area contributed by atoms with Gasteiger partial charge in [-0.1, -0.05) is 0 Å². The number of carbonyl (C=O) groups is 1. The topological polar surface area (TPSA) is 93.8 Å². The minimum absolute atomic E-state index is 0.00465. The van der Waals surface area contributed by atoms with Crippen LogP contribution in [-0.2, 0) is 9.57 Å². The van der Waals surface area contributed by atoms with Crippen LogP contribution in [0.5, 0.6) is 0 Å². The zero-order chi connectivity index (χ0) is 8.53. The van der Waals surface area contributed by atoms with Crippen molar-refractivity contribution in [1.82, 2.24) is 5.32 Å². The molecule has 4 N–H and O–H groups in total. The molecule has 0 radical (unpaired) electrons. The van der Waals surface area contributed by atoms with Crippen LogP contribution in [0.2, 0.25) is 0 Å². The quantitative estimate of drug-likeness (QED) is 0.343. The molecule has 0 heterocycles. The van der Waals surface area contributed by atoms with Crippen LogP contribution in [0.1, 0.15) is 0 Å². The number of amides is 1. The second kappa shape index (κ2) is 7.26. The Hall–Kier alpha value is -0.850. The maximum absolute atomic E-state index is 10.5. The number of aliphatic hydroxyl groups excluding tert-OH is 1. The Morgan fingerprint density at radius 2 is 2.27 bits per heavy atom. The fourth-order valence-electron chi connectivity index (χ4n) is 0.401. The fourth-order valence-corrected chi connectivity index (χ4v) is 0.401. The minimum atomic E-state index is -0.587. The molecule has 0 aliphatic heterocycles. The molecular formula is C5H12N2O4. The molecular weight excluding hydrogens is 152 g/mol. The molecule has 66 valence electrons. The summed E-state index contributed by atoms with van der Waals surface area (Å²) in [5.74, 6) is 4.68. The first kappa shape index (κ1) is 10.2. The maximum atomic E-state index is 10.5. The summed E-state index contributed by atoms with van der Waals surface area (Å²) in [5, 5.41) is 10.6. The monoisotopic (exact) mass is 164 g/mol. The molecule has 0 saturated carbocycles. The molecule has 6 heteroatoms. The number of rotatable bonds is 5. The Morgan fingerprint density at radius 3 is 2.82 bits per heavy atom. The average Bonchev–Trinajstić information content (AvgIpc) is 2.01. The Labute approximate surface area is 64.2 Å². The lowest BCUT2D eigenvalue weighted by Gasteiger charge is -2.03. The van der Waals surface area contributed by atoms with Crippen LogP contribution in [0.15, 0.2) is 0 Å². The third-order valence-corrected chi connectivity index (χ3v) is 0.814. The molecule has 0 saturated heterocycles. The van der Waals surface area contributed by atoms with E-state index in [2.05, 4.69) is 20.8 Å². The Morgan fingerprint density at radius 1 is 1.55 bits per heavy atom. The van der Waals surface area contributed by atoms with Gasteiger partial charge in [-0.15, -0.1) is 0 Å². The van der Waals surface area contributed by atoms with Crippen molar-refractivity contribution in [1.29, 1.82) is 0 Å². The molecule has 0 bridgehead atoms. The molecule has 0 aliphatic carbocycles. The highest BCUT2D eigenvalue weighted by Crippen LogP contribution is 1.75. The Bertz CT molecular complexity index is 109. The standard InChI is InChI=1S/C5H12N2O4/c6-11-3-1-7-5(9)10-4-2-8/h8H,1-4,6H2,(H,7,9). The van der Waals surface area contributed by atoms with Crippen molar-refractivity contribution < 1.29 is 19.5 Å². The summed E-state index contributed by atoms with van der Waals surface area (Å²) in [6.07, 6.45) is -0.587. The van der Waals surface area contributed by atoms with Crippen molar-refractivity contribution in [2.45, 2.75) is 0 Å². The molecule has 6 nitrogen and oxygen atoms in total. The van der Waals surface area contributed by atoms with Crippen LogP contribution in [-0.4, -0.2) is 37.6 Å². The summed E-state index contributed by atoms with van der Waals surface area (Å²) >= 11 is 0. The smallest absolute Gasteiger partial charge is 0.407 e. The van der Waals surface area contributed by atoms with Crippen molar-refractivity contribution in [3.05, 3.63) is 0 Å². The minimum Gasteiger partial charge on any atom is -0.447 e. The van der Waals surface area contributed by atoms with E-state index in [-0.39, 0.29) is 19.8 Å². The van der Waals surface area contributed by atoms with Crippen LogP contribution in [0, 0.1) is 0 Å². The molecule has 0 aliphatic rings. The van der Waals surface area contributed by atoms with E-state index in [1.54, 1.807) is 0 Å². The molecule has 11 heavy (non-hydrogen) atoms. The SMILES string of the molecule is NOCCNC(=O)OCCO. The van der Waals surface area contributed by atoms with Gasteiger partial charge in [0, 0.05) is 6.54 Å². The summed E-state index contributed by atoms with van der Waals surface area (Å²) in [6, 6.07) is 0. The summed E-state index contributed by atoms with van der Waals surface area (Å²) in [4.78, 5) is 14.7. The molecule has 0 aromatic rings. The van der Waals surface area contributed by atoms with Gasteiger partial charge in [0.25, 0.3) is 0 Å². The number of alkyl carbamates (subject to hydrolysis) is 1. The largest absolute Gasteiger partial charge is 0.447 e. The highest BCUT2D eigenvalue weighted by molar-refractivity contribution is 5.66. The number of nitrogens with one attached hydrogen (secondary N) is 1. The van der Waals surface area contributed by atoms with Gasteiger partial charge in [-0.3, -0.25) is 0 Å². The number of ether oxygens (including phenoxy) is 1. The lowest BCUT2D eigenvalue weighted by molar-refractivity contribution is 0.109. The summed E-state index contributed by atoms with van der Waals surface area (Å²) in [5.41, 5.74) is 0. The number of carbonyl (C=O) groups excluding carboxylic acids is 1. The van der Waals surface area contributed by atoms with Crippen molar-refractivity contribution in [2.24, 2.45) is 5.90 Å². The summed E-state index contributed by atoms with van der Waals surface area (Å²) < 4.78 is 4.44. The van der Waals surface area contributed by atoms with E-state index in [0.717, 1.165) is 0 Å². The van der Waals surface area contributed by atoms with Gasteiger partial charge in [0.1, 0.15) is 6.61 Å². The first-order valence-electron chi connectivity index (χ1n) is 3.14. The molecule has 0 spiro atoms. The highest BCUT2D eigenvalue weighted by Gasteiger charge is 1.98. The molecule has 0 rings (SSSR count). The molecule has 0 atom stereocenters. The maximum Gasteiger partial charge on any atom is 0.407 e. The molecule has 0 fully saturated rings. The number of hydrogen-bond acceptors (Lipinski definition) is 5. The number of aliphatic hydroxyl groups is 1. The van der Waals surface area contributed by atoms with Crippen LogP contribution in [0.3, 0.4) is 0 Å². The van der Waals surface area contributed by atoms with E-state index in [0.29, 0.717) is 6.54 Å². The highest BCUT2D eigenvalue weighted by atomic mass is 16.6. The zero-order valence-electron chi connectivity index (χ0n) is 6.08. The van der Waals surface area contributed by atoms with Gasteiger partial charge in [-0.05, 0) is 0 Å². The first-order chi connectivity index (χ1) is 5.31. The summed E-state index contributed by atoms with van der Waals surface area (Å²) in [6.45, 7) is 0.338. The van der Waals surface area contributed by atoms with E-state index in [4.69, 9.17) is 5.11 Å². The fraction of sp³-hybridized carbons (Fsp3) is 0.800. The third-order valence-electron chi connectivity index (χ3n) is 0.814. The second-order valence-electron chi connectivity index (χ2n) is 1.66. The van der Waals surface area contributed by atoms with Gasteiger partial charge in [0.2, 0.25) is 0 Å². The predicted octanol–water partition coefficient (Wildman–Crippen LogP) is -1.40. The van der Waals surface area contributed by atoms with Gasteiger partial charge >= 0.3 is 6.09 Å². The van der Waals surface area contributed by atoms with E-state index in [1.807, 2.05) is 0 Å². The Kier molecular flexibility index (Phi) is 6.70. The van der Waals surface area contributed by atoms with E-state index < -0.39 is 6.09 Å². The predicted molar refractivity (Wildman–Crippen MR) is 36.6 cm³/mol. The van der Waals surface area contributed by atoms with Gasteiger partial charge in [0.15, 0.2) is 0 Å². The molecule has 1 amide bonds. The molecule has 0 aromatic heterocycles. The van der Waals surface area contributed by atoms with Crippen LogP contribution in [0.4, 0.5) is 4.79 Å².